The molecule has 2 aromatic carbocycles. The van der Waals surface area contributed by atoms with Gasteiger partial charge >= 0.3 is 0 Å². The van der Waals surface area contributed by atoms with Crippen molar-refractivity contribution >= 4 is 34.7 Å². The number of hydrogen-bond acceptors (Lipinski definition) is 4. The molecule has 0 spiro atoms. The maximum Gasteiger partial charge on any atom is 0.163 e. The van der Waals surface area contributed by atoms with Crippen molar-refractivity contribution in [2.24, 2.45) is 0 Å². The standard InChI is InChI=1S/C17H12Cl2FN3O/c1-24-14-7-4-11(18)8-13(14)21-16-9-15(19)22-17(23-16)10-2-5-12(20)6-3-10/h2-9H,1H3,(H,21,22,23). The molecule has 0 aliphatic carbocycles. The van der Waals surface area contributed by atoms with Gasteiger partial charge in [0.2, 0.25) is 0 Å². The van der Waals surface area contributed by atoms with Crippen LogP contribution in [0.5, 0.6) is 5.75 Å². The summed E-state index contributed by atoms with van der Waals surface area (Å²) in [5.74, 6) is 1.13. The van der Waals surface area contributed by atoms with Gasteiger partial charge in [0.05, 0.1) is 12.8 Å². The van der Waals surface area contributed by atoms with Gasteiger partial charge in [-0.05, 0) is 42.5 Å². The highest BCUT2D eigenvalue weighted by Gasteiger charge is 2.09. The van der Waals surface area contributed by atoms with Crippen LogP contribution in [0.15, 0.2) is 48.5 Å². The van der Waals surface area contributed by atoms with Gasteiger partial charge in [0.15, 0.2) is 5.82 Å². The molecule has 1 heterocycles. The van der Waals surface area contributed by atoms with Crippen LogP contribution in [0.4, 0.5) is 15.9 Å². The summed E-state index contributed by atoms with van der Waals surface area (Å²) in [6.45, 7) is 0. The molecule has 3 aromatic rings. The molecule has 0 atom stereocenters. The Labute approximate surface area is 148 Å². The molecule has 0 saturated carbocycles. The van der Waals surface area contributed by atoms with E-state index in [0.29, 0.717) is 33.7 Å². The average Bonchev–Trinajstić information content (AvgIpc) is 2.55. The Morgan fingerprint density at radius 2 is 1.75 bits per heavy atom. The van der Waals surface area contributed by atoms with E-state index in [1.165, 1.54) is 12.1 Å². The molecule has 0 aliphatic rings. The molecule has 0 radical (unpaired) electrons. The number of ether oxygens (including phenoxy) is 1. The molecule has 4 nitrogen and oxygen atoms in total. The van der Waals surface area contributed by atoms with Gasteiger partial charge in [0.1, 0.15) is 22.5 Å². The molecule has 1 N–H and O–H groups in total. The Balaban J connectivity index is 1.97. The Hall–Kier alpha value is -2.37. The van der Waals surface area contributed by atoms with E-state index < -0.39 is 0 Å². The molecule has 24 heavy (non-hydrogen) atoms. The predicted octanol–water partition coefficient (Wildman–Crippen LogP) is 5.34. The van der Waals surface area contributed by atoms with Crippen LogP contribution in [0.25, 0.3) is 11.4 Å². The Bertz CT molecular complexity index is 872. The fourth-order valence-corrected chi connectivity index (χ4v) is 2.48. The SMILES string of the molecule is COc1ccc(Cl)cc1Nc1cc(Cl)nc(-c2ccc(F)cc2)n1. The third-order valence-electron chi connectivity index (χ3n) is 3.22. The van der Waals surface area contributed by atoms with E-state index in [-0.39, 0.29) is 11.0 Å². The minimum Gasteiger partial charge on any atom is -0.495 e. The first-order chi connectivity index (χ1) is 11.5. The minimum atomic E-state index is -0.331. The molecule has 7 heteroatoms. The van der Waals surface area contributed by atoms with Crippen molar-refractivity contribution in [1.29, 1.82) is 0 Å². The molecule has 0 aliphatic heterocycles. The van der Waals surface area contributed by atoms with Crippen molar-refractivity contribution in [2.75, 3.05) is 12.4 Å². The molecule has 3 rings (SSSR count). The number of hydrogen-bond donors (Lipinski definition) is 1. The van der Waals surface area contributed by atoms with E-state index >= 15 is 0 Å². The van der Waals surface area contributed by atoms with Crippen LogP contribution in [0.2, 0.25) is 10.2 Å². The molecule has 0 unspecified atom stereocenters. The van der Waals surface area contributed by atoms with Crippen molar-refractivity contribution in [3.8, 4) is 17.1 Å². The van der Waals surface area contributed by atoms with Crippen molar-refractivity contribution in [1.82, 2.24) is 9.97 Å². The fourth-order valence-electron chi connectivity index (χ4n) is 2.13. The number of anilines is 2. The van der Waals surface area contributed by atoms with Gasteiger partial charge in [-0.1, -0.05) is 23.2 Å². The third kappa shape index (κ3) is 3.75. The van der Waals surface area contributed by atoms with Crippen molar-refractivity contribution in [3.63, 3.8) is 0 Å². The van der Waals surface area contributed by atoms with Gasteiger partial charge in [-0.2, -0.15) is 0 Å². The van der Waals surface area contributed by atoms with Gasteiger partial charge in [-0.3, -0.25) is 0 Å². The van der Waals surface area contributed by atoms with Crippen LogP contribution in [-0.2, 0) is 0 Å². The summed E-state index contributed by atoms with van der Waals surface area (Å²) in [7, 11) is 1.56. The summed E-state index contributed by atoms with van der Waals surface area (Å²) < 4.78 is 18.4. The molecule has 0 saturated heterocycles. The summed E-state index contributed by atoms with van der Waals surface area (Å²) in [4.78, 5) is 8.58. The monoisotopic (exact) mass is 363 g/mol. The van der Waals surface area contributed by atoms with E-state index in [2.05, 4.69) is 15.3 Å². The van der Waals surface area contributed by atoms with Crippen LogP contribution < -0.4 is 10.1 Å². The first kappa shape index (κ1) is 16.5. The number of aromatic nitrogens is 2. The lowest BCUT2D eigenvalue weighted by molar-refractivity contribution is 0.417. The Morgan fingerprint density at radius 1 is 1.00 bits per heavy atom. The highest BCUT2D eigenvalue weighted by Crippen LogP contribution is 2.31. The van der Waals surface area contributed by atoms with Crippen molar-refractivity contribution < 1.29 is 9.13 Å². The second-order valence-electron chi connectivity index (χ2n) is 4.88. The second-order valence-corrected chi connectivity index (χ2v) is 5.70. The van der Waals surface area contributed by atoms with E-state index in [9.17, 15) is 4.39 Å². The predicted molar refractivity (Wildman–Crippen MR) is 93.7 cm³/mol. The van der Waals surface area contributed by atoms with E-state index in [0.717, 1.165) is 0 Å². The number of nitrogens with zero attached hydrogens (tertiary/aromatic N) is 2. The normalized spacial score (nSPS) is 10.5. The maximum atomic E-state index is 13.1. The number of benzene rings is 2. The third-order valence-corrected chi connectivity index (χ3v) is 3.65. The van der Waals surface area contributed by atoms with Crippen LogP contribution in [0.1, 0.15) is 0 Å². The smallest absolute Gasteiger partial charge is 0.163 e. The van der Waals surface area contributed by atoms with E-state index in [4.69, 9.17) is 27.9 Å². The van der Waals surface area contributed by atoms with E-state index in [1.807, 2.05) is 0 Å². The lowest BCUT2D eigenvalue weighted by Crippen LogP contribution is -1.99. The molecule has 1 aromatic heterocycles. The van der Waals surface area contributed by atoms with E-state index in [1.54, 1.807) is 43.5 Å². The fraction of sp³-hybridized carbons (Fsp3) is 0.0588. The summed E-state index contributed by atoms with van der Waals surface area (Å²) in [6, 6.07) is 12.6. The first-order valence-corrected chi connectivity index (χ1v) is 7.72. The van der Waals surface area contributed by atoms with Crippen LogP contribution >= 0.6 is 23.2 Å². The van der Waals surface area contributed by atoms with Gasteiger partial charge < -0.3 is 10.1 Å². The quantitative estimate of drug-likeness (QED) is 0.635. The van der Waals surface area contributed by atoms with Crippen LogP contribution in [0, 0.1) is 5.82 Å². The number of nitrogens with one attached hydrogen (secondary N) is 1. The summed E-state index contributed by atoms with van der Waals surface area (Å²) in [6.07, 6.45) is 0. The molecule has 122 valence electrons. The zero-order valence-corrected chi connectivity index (χ0v) is 14.1. The zero-order chi connectivity index (χ0) is 17.1. The molecule has 0 bridgehead atoms. The molecular weight excluding hydrogens is 352 g/mol. The maximum absolute atomic E-state index is 13.1. The largest absolute Gasteiger partial charge is 0.495 e. The number of halogens is 3. The highest BCUT2D eigenvalue weighted by molar-refractivity contribution is 6.31. The van der Waals surface area contributed by atoms with Crippen molar-refractivity contribution in [2.45, 2.75) is 0 Å². The summed E-state index contributed by atoms with van der Waals surface area (Å²) in [5.41, 5.74) is 1.30. The van der Waals surface area contributed by atoms with Gasteiger partial charge in [-0.25, -0.2) is 14.4 Å². The molecular formula is C17H12Cl2FN3O. The summed E-state index contributed by atoms with van der Waals surface area (Å²) in [5, 5.41) is 3.92. The lowest BCUT2D eigenvalue weighted by Gasteiger charge is -2.12. The second kappa shape index (κ2) is 7.03. The van der Waals surface area contributed by atoms with Gasteiger partial charge in [0, 0.05) is 16.7 Å². The van der Waals surface area contributed by atoms with Gasteiger partial charge in [-0.15, -0.1) is 0 Å². The van der Waals surface area contributed by atoms with Gasteiger partial charge in [0.25, 0.3) is 0 Å². The summed E-state index contributed by atoms with van der Waals surface area (Å²) >= 11 is 12.1. The minimum absolute atomic E-state index is 0.257. The number of rotatable bonds is 4. The lowest BCUT2D eigenvalue weighted by atomic mass is 10.2. The molecule has 0 fully saturated rings. The first-order valence-electron chi connectivity index (χ1n) is 6.96. The number of methoxy groups -OCH3 is 1. The topological polar surface area (TPSA) is 47.0 Å². The Morgan fingerprint density at radius 3 is 2.46 bits per heavy atom. The zero-order valence-electron chi connectivity index (χ0n) is 12.6. The Kier molecular flexibility index (Phi) is 4.83. The average molecular weight is 364 g/mol. The van der Waals surface area contributed by atoms with Crippen LogP contribution in [0.3, 0.4) is 0 Å². The highest BCUT2D eigenvalue weighted by atomic mass is 35.5. The van der Waals surface area contributed by atoms with Crippen LogP contribution in [-0.4, -0.2) is 17.1 Å². The molecule has 0 amide bonds. The van der Waals surface area contributed by atoms with Crippen molar-refractivity contribution in [3.05, 3.63) is 64.5 Å².